The maximum atomic E-state index is 12.1. The number of ether oxygens (including phenoxy) is 3. The van der Waals surface area contributed by atoms with Gasteiger partial charge in [0.2, 0.25) is 6.10 Å². The van der Waals surface area contributed by atoms with Crippen molar-refractivity contribution >= 4 is 17.6 Å². The van der Waals surface area contributed by atoms with Crippen LogP contribution in [0.4, 0.5) is 0 Å². The lowest BCUT2D eigenvalue weighted by atomic mass is 10.2. The Kier molecular flexibility index (Phi) is 3.86. The average Bonchev–Trinajstić information content (AvgIpc) is 2.56. The van der Waals surface area contributed by atoms with Crippen molar-refractivity contribution in [3.8, 4) is 23.3 Å². The first-order valence-electron chi connectivity index (χ1n) is 6.47. The summed E-state index contributed by atoms with van der Waals surface area (Å²) in [4.78, 5) is 12.1. The van der Waals surface area contributed by atoms with Crippen LogP contribution in [0.2, 0.25) is 5.02 Å². The smallest absolute Gasteiger partial charge is 0.356 e. The van der Waals surface area contributed by atoms with E-state index >= 15 is 0 Å². The summed E-state index contributed by atoms with van der Waals surface area (Å²) < 4.78 is 16.2. The fraction of sp³-hybridized carbons (Fsp3) is 0.125. The molecule has 0 radical (unpaired) electrons. The van der Waals surface area contributed by atoms with Crippen molar-refractivity contribution in [2.45, 2.75) is 6.10 Å². The number of carbonyl (C=O) groups is 1. The lowest BCUT2D eigenvalue weighted by Crippen LogP contribution is -2.39. The molecule has 0 aliphatic carbocycles. The number of rotatable bonds is 2. The van der Waals surface area contributed by atoms with E-state index in [1.54, 1.807) is 18.2 Å². The van der Waals surface area contributed by atoms with E-state index in [2.05, 4.69) is 0 Å². The summed E-state index contributed by atoms with van der Waals surface area (Å²) in [6.45, 7) is 0.0593. The van der Waals surface area contributed by atoms with Gasteiger partial charge in [0.1, 0.15) is 12.4 Å². The van der Waals surface area contributed by atoms with Gasteiger partial charge in [-0.3, -0.25) is 0 Å². The molecule has 1 aliphatic rings. The first-order chi connectivity index (χ1) is 10.7. The molecule has 0 fully saturated rings. The fourth-order valence-corrected chi connectivity index (χ4v) is 2.18. The number of hydrogen-bond acceptors (Lipinski definition) is 5. The van der Waals surface area contributed by atoms with Crippen molar-refractivity contribution in [3.05, 3.63) is 53.1 Å². The van der Waals surface area contributed by atoms with E-state index < -0.39 is 12.1 Å². The second kappa shape index (κ2) is 5.96. The highest BCUT2D eigenvalue weighted by molar-refractivity contribution is 6.32. The number of para-hydroxylation sites is 2. The average molecular weight is 316 g/mol. The van der Waals surface area contributed by atoms with Gasteiger partial charge < -0.3 is 14.2 Å². The third-order valence-corrected chi connectivity index (χ3v) is 3.34. The molecule has 3 rings (SSSR count). The summed E-state index contributed by atoms with van der Waals surface area (Å²) in [6.07, 6.45) is -0.874. The molecule has 0 aromatic heterocycles. The predicted molar refractivity (Wildman–Crippen MR) is 78.2 cm³/mol. The Balaban J connectivity index is 1.72. The molecule has 0 amide bonds. The molecule has 22 heavy (non-hydrogen) atoms. The summed E-state index contributed by atoms with van der Waals surface area (Å²) >= 11 is 5.97. The van der Waals surface area contributed by atoms with E-state index in [1.807, 2.05) is 12.1 Å². The second-order valence-corrected chi connectivity index (χ2v) is 4.95. The van der Waals surface area contributed by atoms with Crippen LogP contribution >= 0.6 is 11.6 Å². The van der Waals surface area contributed by atoms with Crippen LogP contribution in [0.15, 0.2) is 42.5 Å². The van der Waals surface area contributed by atoms with Crippen LogP contribution in [0.3, 0.4) is 0 Å². The molecular formula is C16H10ClNO4. The number of halogens is 1. The number of esters is 1. The van der Waals surface area contributed by atoms with Gasteiger partial charge in [0.25, 0.3) is 0 Å². The van der Waals surface area contributed by atoms with Crippen LogP contribution in [0.25, 0.3) is 0 Å². The molecule has 1 heterocycles. The van der Waals surface area contributed by atoms with Gasteiger partial charge in [0, 0.05) is 0 Å². The van der Waals surface area contributed by atoms with E-state index in [0.29, 0.717) is 17.1 Å². The maximum Gasteiger partial charge on any atom is 0.356 e. The highest BCUT2D eigenvalue weighted by Gasteiger charge is 2.29. The molecule has 0 spiro atoms. The van der Waals surface area contributed by atoms with Gasteiger partial charge in [0.05, 0.1) is 16.7 Å². The van der Waals surface area contributed by atoms with Crippen molar-refractivity contribution in [2.75, 3.05) is 6.61 Å². The first kappa shape index (κ1) is 14.2. The summed E-state index contributed by atoms with van der Waals surface area (Å²) in [6, 6.07) is 13.4. The van der Waals surface area contributed by atoms with Crippen LogP contribution < -0.4 is 14.2 Å². The highest BCUT2D eigenvalue weighted by Crippen LogP contribution is 2.32. The van der Waals surface area contributed by atoms with Crippen molar-refractivity contribution in [3.63, 3.8) is 0 Å². The Morgan fingerprint density at radius 3 is 2.77 bits per heavy atom. The van der Waals surface area contributed by atoms with Gasteiger partial charge in [-0.1, -0.05) is 23.7 Å². The van der Waals surface area contributed by atoms with Gasteiger partial charge in [0.15, 0.2) is 11.5 Å². The van der Waals surface area contributed by atoms with Gasteiger partial charge in [-0.05, 0) is 30.3 Å². The lowest BCUT2D eigenvalue weighted by Gasteiger charge is -2.24. The molecule has 0 saturated heterocycles. The topological polar surface area (TPSA) is 68.5 Å². The van der Waals surface area contributed by atoms with Crippen LogP contribution in [-0.4, -0.2) is 18.7 Å². The molecule has 0 N–H and O–H groups in total. The van der Waals surface area contributed by atoms with E-state index in [9.17, 15) is 4.79 Å². The minimum atomic E-state index is -0.874. The second-order valence-electron chi connectivity index (χ2n) is 4.54. The summed E-state index contributed by atoms with van der Waals surface area (Å²) in [5, 5.41) is 8.96. The third kappa shape index (κ3) is 2.83. The van der Waals surface area contributed by atoms with Crippen LogP contribution in [-0.2, 0) is 4.79 Å². The van der Waals surface area contributed by atoms with E-state index in [1.165, 1.54) is 18.2 Å². The van der Waals surface area contributed by atoms with E-state index in [-0.39, 0.29) is 17.4 Å². The molecule has 2 aromatic carbocycles. The minimum Gasteiger partial charge on any atom is -0.485 e. The molecule has 1 aliphatic heterocycles. The van der Waals surface area contributed by atoms with Gasteiger partial charge in [-0.2, -0.15) is 5.26 Å². The normalized spacial score (nSPS) is 15.7. The lowest BCUT2D eigenvalue weighted by molar-refractivity contribution is -0.144. The Morgan fingerprint density at radius 2 is 2.05 bits per heavy atom. The quantitative estimate of drug-likeness (QED) is 0.629. The zero-order valence-electron chi connectivity index (χ0n) is 11.3. The molecule has 6 heteroatoms. The number of benzene rings is 2. The number of nitriles is 1. The summed E-state index contributed by atoms with van der Waals surface area (Å²) in [5.74, 6) is 0.638. The molecule has 0 unspecified atom stereocenters. The fourth-order valence-electron chi connectivity index (χ4n) is 1.96. The monoisotopic (exact) mass is 315 g/mol. The van der Waals surface area contributed by atoms with Crippen molar-refractivity contribution in [2.24, 2.45) is 0 Å². The van der Waals surface area contributed by atoms with Crippen molar-refractivity contribution in [1.29, 1.82) is 5.26 Å². The number of nitrogens with zero attached hydrogens (tertiary/aromatic N) is 1. The summed E-state index contributed by atoms with van der Waals surface area (Å²) in [7, 11) is 0. The number of carbonyl (C=O) groups excluding carboxylic acids is 1. The molecule has 2 aromatic rings. The molecular weight excluding hydrogens is 306 g/mol. The van der Waals surface area contributed by atoms with Gasteiger partial charge in [-0.25, -0.2) is 4.79 Å². The molecule has 1 atom stereocenters. The largest absolute Gasteiger partial charge is 0.485 e. The van der Waals surface area contributed by atoms with Crippen LogP contribution in [0.1, 0.15) is 5.56 Å². The molecule has 0 saturated carbocycles. The minimum absolute atomic E-state index is 0.0593. The SMILES string of the molecule is N#Cc1ccc(OC(=O)[C@H]2COc3ccccc3O2)c(Cl)c1. The van der Waals surface area contributed by atoms with E-state index in [0.717, 1.165) is 0 Å². The standard InChI is InChI=1S/C16H10ClNO4/c17-11-7-10(8-18)5-6-12(11)22-16(19)15-9-20-13-3-1-2-4-14(13)21-15/h1-7,15H,9H2/t15-/m1/s1. The highest BCUT2D eigenvalue weighted by atomic mass is 35.5. The van der Waals surface area contributed by atoms with Crippen LogP contribution in [0, 0.1) is 11.3 Å². The summed E-state index contributed by atoms with van der Waals surface area (Å²) in [5.41, 5.74) is 0.385. The van der Waals surface area contributed by atoms with Gasteiger partial charge in [-0.15, -0.1) is 0 Å². The van der Waals surface area contributed by atoms with Crippen molar-refractivity contribution < 1.29 is 19.0 Å². The molecule has 110 valence electrons. The first-order valence-corrected chi connectivity index (χ1v) is 6.85. The number of fused-ring (bicyclic) bond motifs is 1. The van der Waals surface area contributed by atoms with Crippen LogP contribution in [0.5, 0.6) is 17.2 Å². The third-order valence-electron chi connectivity index (χ3n) is 3.04. The molecule has 0 bridgehead atoms. The Morgan fingerprint density at radius 1 is 1.27 bits per heavy atom. The molecule has 5 nitrogen and oxygen atoms in total. The number of hydrogen-bond donors (Lipinski definition) is 0. The Labute approximate surface area is 131 Å². The Hall–Kier alpha value is -2.71. The van der Waals surface area contributed by atoms with E-state index in [4.69, 9.17) is 31.1 Å². The maximum absolute atomic E-state index is 12.1. The zero-order valence-corrected chi connectivity index (χ0v) is 12.0. The zero-order chi connectivity index (χ0) is 15.5. The van der Waals surface area contributed by atoms with Crippen molar-refractivity contribution in [1.82, 2.24) is 0 Å². The Bertz CT molecular complexity index is 769. The van der Waals surface area contributed by atoms with Gasteiger partial charge >= 0.3 is 5.97 Å². The predicted octanol–water partition coefficient (Wildman–Crippen LogP) is 2.96.